The molecule has 1 N–H and O–H groups in total. The predicted octanol–water partition coefficient (Wildman–Crippen LogP) is 6.67. The molecule has 0 radical (unpaired) electrons. The van der Waals surface area contributed by atoms with E-state index < -0.39 is 0 Å². The van der Waals surface area contributed by atoms with Crippen molar-refractivity contribution in [1.29, 1.82) is 0 Å². The molecule has 0 spiro atoms. The number of anilines is 1. The van der Waals surface area contributed by atoms with Crippen molar-refractivity contribution >= 4 is 34.4 Å². The van der Waals surface area contributed by atoms with Gasteiger partial charge in [0.1, 0.15) is 5.52 Å². The molecule has 1 saturated carbocycles. The van der Waals surface area contributed by atoms with Gasteiger partial charge in [-0.1, -0.05) is 40.0 Å². The Morgan fingerprint density at radius 3 is 2.55 bits per heavy atom. The topological polar surface area (TPSA) is 61.9 Å². The molecule has 1 saturated heterocycles. The maximum absolute atomic E-state index is 13.5. The molecule has 5 rings (SSSR count). The molecule has 176 valence electrons. The Balaban J connectivity index is 0.00000126. The van der Waals surface area contributed by atoms with Gasteiger partial charge in [-0.2, -0.15) is 11.8 Å². The molecule has 6 heteroatoms. The van der Waals surface area contributed by atoms with Gasteiger partial charge in [0.05, 0.1) is 17.5 Å². The van der Waals surface area contributed by atoms with Gasteiger partial charge in [-0.3, -0.25) is 4.79 Å². The van der Waals surface area contributed by atoms with Crippen molar-refractivity contribution in [3.63, 3.8) is 0 Å². The van der Waals surface area contributed by atoms with Gasteiger partial charge >= 0.3 is 0 Å². The smallest absolute Gasteiger partial charge is 0.172 e. The second-order valence-corrected chi connectivity index (χ2v) is 10.5. The van der Waals surface area contributed by atoms with Crippen molar-refractivity contribution in [2.75, 3.05) is 29.5 Å². The molecule has 0 bridgehead atoms. The lowest BCUT2D eigenvalue weighted by Gasteiger charge is -2.31. The molecular formula is C27H36N4OS. The summed E-state index contributed by atoms with van der Waals surface area (Å²) in [7, 11) is 0. The molecule has 0 amide bonds. The number of nitrogens with one attached hydrogen (secondary N) is 1. The summed E-state index contributed by atoms with van der Waals surface area (Å²) in [5.41, 5.74) is 6.14. The van der Waals surface area contributed by atoms with E-state index in [2.05, 4.69) is 46.9 Å². The van der Waals surface area contributed by atoms with Gasteiger partial charge in [0.2, 0.25) is 0 Å². The van der Waals surface area contributed by atoms with Crippen LogP contribution in [0.15, 0.2) is 30.6 Å². The third-order valence-corrected chi connectivity index (χ3v) is 7.81. The number of aromatic amines is 1. The van der Waals surface area contributed by atoms with E-state index in [0.717, 1.165) is 50.0 Å². The van der Waals surface area contributed by atoms with E-state index >= 15 is 0 Å². The second kappa shape index (κ2) is 10.3. The summed E-state index contributed by atoms with van der Waals surface area (Å²) >= 11 is 2.02. The van der Waals surface area contributed by atoms with Crippen LogP contribution in [0.4, 0.5) is 5.69 Å². The second-order valence-electron chi connectivity index (χ2n) is 9.26. The Hall–Kier alpha value is -2.34. The highest BCUT2D eigenvalue weighted by Crippen LogP contribution is 2.39. The number of H-pyrrole nitrogens is 1. The number of hydrogen-bond acceptors (Lipinski definition) is 5. The van der Waals surface area contributed by atoms with Crippen LogP contribution in [0.5, 0.6) is 0 Å². The number of nitrogens with zero attached hydrogens (tertiary/aromatic N) is 3. The largest absolute Gasteiger partial charge is 0.370 e. The molecule has 2 aromatic heterocycles. The lowest BCUT2D eigenvalue weighted by Crippen LogP contribution is -2.32. The summed E-state index contributed by atoms with van der Waals surface area (Å²) in [6, 6.07) is 6.63. The van der Waals surface area contributed by atoms with E-state index in [0.29, 0.717) is 16.7 Å². The van der Waals surface area contributed by atoms with Gasteiger partial charge in [0.15, 0.2) is 11.4 Å². The fourth-order valence-electron chi connectivity index (χ4n) is 5.00. The highest BCUT2D eigenvalue weighted by Gasteiger charge is 2.36. The van der Waals surface area contributed by atoms with Gasteiger partial charge in [-0.25, -0.2) is 9.97 Å². The summed E-state index contributed by atoms with van der Waals surface area (Å²) in [6.07, 6.45) is 9.03. The number of fused-ring (bicyclic) bond motifs is 1. The first-order chi connectivity index (χ1) is 16.0. The number of rotatable bonds is 4. The Morgan fingerprint density at radius 2 is 1.82 bits per heavy atom. The van der Waals surface area contributed by atoms with Crippen LogP contribution in [-0.4, -0.2) is 45.3 Å². The van der Waals surface area contributed by atoms with E-state index in [1.165, 1.54) is 29.2 Å². The monoisotopic (exact) mass is 464 g/mol. The van der Waals surface area contributed by atoms with Gasteiger partial charge in [0, 0.05) is 47.5 Å². The summed E-state index contributed by atoms with van der Waals surface area (Å²) in [5, 5.41) is 0. The van der Waals surface area contributed by atoms with Gasteiger partial charge < -0.3 is 9.88 Å². The zero-order valence-electron chi connectivity index (χ0n) is 20.4. The number of benzene rings is 1. The van der Waals surface area contributed by atoms with E-state index in [1.807, 2.05) is 38.0 Å². The average molecular weight is 465 g/mol. The molecular weight excluding hydrogens is 428 g/mol. The maximum atomic E-state index is 13.5. The lowest BCUT2D eigenvalue weighted by molar-refractivity contribution is 0.0751. The number of hydrogen-bond donors (Lipinski definition) is 1. The number of thioether (sulfide) groups is 1. The average Bonchev–Trinajstić information content (AvgIpc) is 3.28. The highest BCUT2D eigenvalue weighted by molar-refractivity contribution is 7.99. The Labute approximate surface area is 201 Å². The van der Waals surface area contributed by atoms with Crippen LogP contribution in [0.1, 0.15) is 68.8 Å². The number of carbonyl (C=O) groups excluding carboxylic acids is 1. The van der Waals surface area contributed by atoms with E-state index in [1.54, 1.807) is 0 Å². The minimum absolute atomic E-state index is 0.209. The van der Waals surface area contributed by atoms with Crippen LogP contribution < -0.4 is 4.90 Å². The first kappa shape index (κ1) is 23.8. The molecule has 5 nitrogen and oxygen atoms in total. The molecule has 1 aliphatic carbocycles. The molecule has 33 heavy (non-hydrogen) atoms. The number of Topliss-reactive ketones (excluding diaryl/α,β-unsaturated/α-hetero) is 1. The first-order valence-corrected chi connectivity index (χ1v) is 13.5. The molecule has 1 aliphatic heterocycles. The number of aryl methyl sites for hydroxylation is 1. The van der Waals surface area contributed by atoms with Crippen molar-refractivity contribution in [2.45, 2.75) is 59.8 Å². The fourth-order valence-corrected chi connectivity index (χ4v) is 5.91. The zero-order chi connectivity index (χ0) is 23.4. The normalized spacial score (nSPS) is 18.0. The molecule has 0 atom stereocenters. The quantitative estimate of drug-likeness (QED) is 0.437. The van der Waals surface area contributed by atoms with Crippen molar-refractivity contribution in [3.05, 3.63) is 41.7 Å². The Kier molecular flexibility index (Phi) is 7.42. The van der Waals surface area contributed by atoms with Crippen molar-refractivity contribution in [3.8, 4) is 11.3 Å². The highest BCUT2D eigenvalue weighted by atomic mass is 32.2. The minimum atomic E-state index is -0.284. The standard InChI is InChI=1S/C25H30N4OS.C2H6/c1-17-12-18(14-19(13-17)29-8-10-31-11-9-29)21-16-27-24-22(28-21)20(15-26-24)23(30)25(2)6-4-3-5-7-25;1-2/h12-16H,3-11H2,1-2H3,(H,26,27);1-2H3. The number of aromatic nitrogens is 3. The van der Waals surface area contributed by atoms with Gasteiger partial charge in [0.25, 0.3) is 0 Å². The van der Waals surface area contributed by atoms with Crippen LogP contribution in [0.2, 0.25) is 0 Å². The molecule has 2 fully saturated rings. The zero-order valence-corrected chi connectivity index (χ0v) is 21.2. The first-order valence-electron chi connectivity index (χ1n) is 12.4. The van der Waals surface area contributed by atoms with Crippen molar-refractivity contribution < 1.29 is 4.79 Å². The fraction of sp³-hybridized carbons (Fsp3) is 0.519. The number of ketones is 1. The number of carbonyl (C=O) groups is 1. The predicted molar refractivity (Wildman–Crippen MR) is 140 cm³/mol. The summed E-state index contributed by atoms with van der Waals surface area (Å²) in [5.74, 6) is 2.55. The summed E-state index contributed by atoms with van der Waals surface area (Å²) in [6.45, 7) is 10.4. The maximum Gasteiger partial charge on any atom is 0.172 e. The van der Waals surface area contributed by atoms with Gasteiger partial charge in [-0.15, -0.1) is 0 Å². The lowest BCUT2D eigenvalue weighted by atomic mass is 9.71. The molecule has 2 aliphatic rings. The minimum Gasteiger partial charge on any atom is -0.370 e. The molecule has 3 aromatic rings. The summed E-state index contributed by atoms with van der Waals surface area (Å²) in [4.78, 5) is 28.6. The molecule has 3 heterocycles. The third-order valence-electron chi connectivity index (χ3n) is 6.86. The van der Waals surface area contributed by atoms with Crippen LogP contribution in [0, 0.1) is 12.3 Å². The third kappa shape index (κ3) is 4.96. The van der Waals surface area contributed by atoms with Crippen LogP contribution in [-0.2, 0) is 0 Å². The van der Waals surface area contributed by atoms with E-state index in [-0.39, 0.29) is 11.2 Å². The van der Waals surface area contributed by atoms with Crippen LogP contribution in [0.25, 0.3) is 22.4 Å². The van der Waals surface area contributed by atoms with Crippen LogP contribution >= 0.6 is 11.8 Å². The van der Waals surface area contributed by atoms with Crippen LogP contribution in [0.3, 0.4) is 0 Å². The SMILES string of the molecule is CC.Cc1cc(-c2cnc3[nH]cc(C(=O)C4(C)CCCCC4)c3n2)cc(N2CCSCC2)c1. The summed E-state index contributed by atoms with van der Waals surface area (Å²) < 4.78 is 0. The van der Waals surface area contributed by atoms with Crippen molar-refractivity contribution in [1.82, 2.24) is 15.0 Å². The van der Waals surface area contributed by atoms with Gasteiger partial charge in [-0.05, 0) is 43.5 Å². The Bertz CT molecular complexity index is 1110. The van der Waals surface area contributed by atoms with Crippen molar-refractivity contribution in [2.24, 2.45) is 5.41 Å². The molecule has 0 unspecified atom stereocenters. The molecule has 1 aromatic carbocycles. The van der Waals surface area contributed by atoms with E-state index in [4.69, 9.17) is 4.98 Å². The Morgan fingerprint density at radius 1 is 1.09 bits per heavy atom. The van der Waals surface area contributed by atoms with E-state index in [9.17, 15) is 4.79 Å².